The number of nitrogens with one attached hydrogen (secondary N) is 1. The van der Waals surface area contributed by atoms with E-state index in [1.165, 1.54) is 0 Å². The second-order valence-electron chi connectivity index (χ2n) is 6.19. The van der Waals surface area contributed by atoms with E-state index < -0.39 is 10.0 Å². The van der Waals surface area contributed by atoms with Crippen LogP contribution in [0.1, 0.15) is 34.1 Å². The van der Waals surface area contributed by atoms with Gasteiger partial charge in [0.2, 0.25) is 10.0 Å². The third-order valence-corrected chi connectivity index (χ3v) is 6.35. The van der Waals surface area contributed by atoms with E-state index in [-0.39, 0.29) is 6.04 Å². The fraction of sp³-hybridized carbons (Fsp3) is 0.625. The SMILES string of the molecule is CCNc1ccc(S(=O)(=O)N2CC(C)CC(C)C2C)cc1. The van der Waals surface area contributed by atoms with Crippen molar-refractivity contribution in [2.45, 2.75) is 45.1 Å². The number of rotatable bonds is 4. The molecule has 0 amide bonds. The van der Waals surface area contributed by atoms with Crippen LogP contribution >= 0.6 is 0 Å². The van der Waals surface area contributed by atoms with Gasteiger partial charge in [0.05, 0.1) is 4.90 Å². The highest BCUT2D eigenvalue weighted by Crippen LogP contribution is 2.31. The van der Waals surface area contributed by atoms with Gasteiger partial charge in [-0.3, -0.25) is 0 Å². The summed E-state index contributed by atoms with van der Waals surface area (Å²) in [4.78, 5) is 0.386. The summed E-state index contributed by atoms with van der Waals surface area (Å²) in [5, 5.41) is 3.18. The Hall–Kier alpha value is -1.07. The lowest BCUT2D eigenvalue weighted by atomic mass is 9.88. The van der Waals surface area contributed by atoms with E-state index in [0.717, 1.165) is 18.7 Å². The summed E-state index contributed by atoms with van der Waals surface area (Å²) in [6.07, 6.45) is 1.09. The molecular weight excluding hydrogens is 284 g/mol. The zero-order chi connectivity index (χ0) is 15.6. The van der Waals surface area contributed by atoms with Crippen molar-refractivity contribution < 1.29 is 8.42 Å². The van der Waals surface area contributed by atoms with Crippen LogP contribution in [0.2, 0.25) is 0 Å². The molecule has 0 aromatic heterocycles. The van der Waals surface area contributed by atoms with Crippen LogP contribution in [0.5, 0.6) is 0 Å². The molecule has 5 heteroatoms. The van der Waals surface area contributed by atoms with Gasteiger partial charge in [-0.2, -0.15) is 4.31 Å². The molecule has 1 aromatic carbocycles. The highest BCUT2D eigenvalue weighted by Gasteiger charge is 2.37. The van der Waals surface area contributed by atoms with E-state index in [4.69, 9.17) is 0 Å². The number of piperidine rings is 1. The van der Waals surface area contributed by atoms with Crippen molar-refractivity contribution in [1.29, 1.82) is 0 Å². The molecule has 1 N–H and O–H groups in total. The van der Waals surface area contributed by atoms with Gasteiger partial charge < -0.3 is 5.32 Å². The second-order valence-corrected chi connectivity index (χ2v) is 8.08. The van der Waals surface area contributed by atoms with E-state index in [9.17, 15) is 8.42 Å². The maximum atomic E-state index is 12.9. The molecule has 4 nitrogen and oxygen atoms in total. The van der Waals surface area contributed by atoms with Crippen molar-refractivity contribution in [3.05, 3.63) is 24.3 Å². The number of anilines is 1. The quantitative estimate of drug-likeness (QED) is 0.929. The summed E-state index contributed by atoms with van der Waals surface area (Å²) >= 11 is 0. The lowest BCUT2D eigenvalue weighted by Crippen LogP contribution is -2.48. The largest absolute Gasteiger partial charge is 0.385 e. The average Bonchev–Trinajstić information content (AvgIpc) is 2.43. The number of benzene rings is 1. The van der Waals surface area contributed by atoms with Gasteiger partial charge in [-0.1, -0.05) is 13.8 Å². The predicted molar refractivity (Wildman–Crippen MR) is 86.9 cm³/mol. The van der Waals surface area contributed by atoms with Crippen LogP contribution in [0, 0.1) is 11.8 Å². The molecule has 1 heterocycles. The lowest BCUT2D eigenvalue weighted by Gasteiger charge is -2.40. The van der Waals surface area contributed by atoms with Gasteiger partial charge in [-0.15, -0.1) is 0 Å². The third-order valence-electron chi connectivity index (χ3n) is 4.39. The van der Waals surface area contributed by atoms with Crippen LogP contribution in [0.25, 0.3) is 0 Å². The summed E-state index contributed by atoms with van der Waals surface area (Å²) in [7, 11) is -3.40. The van der Waals surface area contributed by atoms with Gasteiger partial charge in [-0.05, 0) is 56.4 Å². The fourth-order valence-corrected chi connectivity index (χ4v) is 4.91. The van der Waals surface area contributed by atoms with Crippen LogP contribution in [-0.2, 0) is 10.0 Å². The molecule has 0 radical (unpaired) electrons. The molecule has 3 unspecified atom stereocenters. The Morgan fingerprint density at radius 1 is 1.19 bits per heavy atom. The van der Waals surface area contributed by atoms with Crippen molar-refractivity contribution in [3.63, 3.8) is 0 Å². The highest BCUT2D eigenvalue weighted by atomic mass is 32.2. The first-order valence-corrected chi connectivity index (χ1v) is 9.16. The summed E-state index contributed by atoms with van der Waals surface area (Å²) in [6, 6.07) is 7.11. The van der Waals surface area contributed by atoms with E-state index >= 15 is 0 Å². The van der Waals surface area contributed by atoms with Gasteiger partial charge in [0.25, 0.3) is 0 Å². The normalized spacial score (nSPS) is 27.5. The van der Waals surface area contributed by atoms with Crippen molar-refractivity contribution in [2.75, 3.05) is 18.4 Å². The molecular formula is C16H26N2O2S. The van der Waals surface area contributed by atoms with Crippen LogP contribution < -0.4 is 5.32 Å². The molecule has 0 spiro atoms. The summed E-state index contributed by atoms with van der Waals surface area (Å²) in [5.41, 5.74) is 0.949. The first-order valence-electron chi connectivity index (χ1n) is 7.72. The smallest absolute Gasteiger partial charge is 0.243 e. The highest BCUT2D eigenvalue weighted by molar-refractivity contribution is 7.89. The zero-order valence-electron chi connectivity index (χ0n) is 13.3. The van der Waals surface area contributed by atoms with Crippen LogP contribution in [0.4, 0.5) is 5.69 Å². The maximum Gasteiger partial charge on any atom is 0.243 e. The Bertz CT molecular complexity index is 568. The van der Waals surface area contributed by atoms with Crippen LogP contribution in [-0.4, -0.2) is 31.9 Å². The van der Waals surface area contributed by atoms with Gasteiger partial charge in [0, 0.05) is 24.8 Å². The number of sulfonamides is 1. The summed E-state index contributed by atoms with van der Waals surface area (Å²) < 4.78 is 27.4. The van der Waals surface area contributed by atoms with Crippen molar-refractivity contribution in [1.82, 2.24) is 4.31 Å². The Balaban J connectivity index is 2.28. The van der Waals surface area contributed by atoms with Gasteiger partial charge in [0.1, 0.15) is 0 Å². The molecule has 21 heavy (non-hydrogen) atoms. The molecule has 1 aromatic rings. The minimum atomic E-state index is -3.40. The molecule has 2 rings (SSSR count). The molecule has 1 aliphatic rings. The predicted octanol–water partition coefficient (Wildman–Crippen LogP) is 3.17. The Kier molecular flexibility index (Phi) is 4.94. The topological polar surface area (TPSA) is 49.4 Å². The standard InChI is InChI=1S/C16H26N2O2S/c1-5-17-15-6-8-16(9-7-15)21(19,20)18-11-12(2)10-13(3)14(18)4/h6-9,12-14,17H,5,10-11H2,1-4H3. The van der Waals surface area contributed by atoms with Crippen molar-refractivity contribution >= 4 is 15.7 Å². The summed E-state index contributed by atoms with van der Waals surface area (Å²) in [6.45, 7) is 9.73. The van der Waals surface area contributed by atoms with Crippen LogP contribution in [0.15, 0.2) is 29.2 Å². The monoisotopic (exact) mass is 310 g/mol. The second kappa shape index (κ2) is 6.36. The van der Waals surface area contributed by atoms with E-state index in [1.54, 1.807) is 16.4 Å². The number of nitrogens with zero attached hydrogens (tertiary/aromatic N) is 1. The maximum absolute atomic E-state index is 12.9. The Morgan fingerprint density at radius 2 is 1.81 bits per heavy atom. The minimum Gasteiger partial charge on any atom is -0.385 e. The Labute approximate surface area is 128 Å². The van der Waals surface area contributed by atoms with Gasteiger partial charge >= 0.3 is 0 Å². The first-order chi connectivity index (χ1) is 9.86. The third kappa shape index (κ3) is 3.40. The van der Waals surface area contributed by atoms with Gasteiger partial charge in [-0.25, -0.2) is 8.42 Å². The molecule has 1 aliphatic heterocycles. The average molecular weight is 310 g/mol. The molecule has 1 fully saturated rings. The molecule has 118 valence electrons. The number of hydrogen-bond acceptors (Lipinski definition) is 3. The molecule has 0 aliphatic carbocycles. The summed E-state index contributed by atoms with van der Waals surface area (Å²) in [5.74, 6) is 0.802. The van der Waals surface area contributed by atoms with E-state index in [1.807, 2.05) is 26.0 Å². The van der Waals surface area contributed by atoms with E-state index in [0.29, 0.717) is 23.3 Å². The fourth-order valence-electron chi connectivity index (χ4n) is 3.06. The van der Waals surface area contributed by atoms with Crippen LogP contribution in [0.3, 0.4) is 0 Å². The van der Waals surface area contributed by atoms with E-state index in [2.05, 4.69) is 19.2 Å². The zero-order valence-corrected chi connectivity index (χ0v) is 14.2. The lowest BCUT2D eigenvalue weighted by molar-refractivity contribution is 0.157. The Morgan fingerprint density at radius 3 is 2.38 bits per heavy atom. The molecule has 1 saturated heterocycles. The molecule has 0 bridgehead atoms. The molecule has 3 atom stereocenters. The first kappa shape index (κ1) is 16.3. The molecule has 0 saturated carbocycles. The minimum absolute atomic E-state index is 0.0552. The van der Waals surface area contributed by atoms with Gasteiger partial charge in [0.15, 0.2) is 0 Å². The van der Waals surface area contributed by atoms with Crippen molar-refractivity contribution in [3.8, 4) is 0 Å². The van der Waals surface area contributed by atoms with Crippen molar-refractivity contribution in [2.24, 2.45) is 11.8 Å². The number of hydrogen-bond donors (Lipinski definition) is 1.